The van der Waals surface area contributed by atoms with Crippen molar-refractivity contribution in [2.75, 3.05) is 16.6 Å². The van der Waals surface area contributed by atoms with Gasteiger partial charge in [-0.05, 0) is 37.2 Å². The van der Waals surface area contributed by atoms with Gasteiger partial charge >= 0.3 is 0 Å². The summed E-state index contributed by atoms with van der Waals surface area (Å²) in [5, 5.41) is 2.88. The molecule has 0 atom stereocenters. The van der Waals surface area contributed by atoms with Crippen LogP contribution in [0.5, 0.6) is 0 Å². The van der Waals surface area contributed by atoms with Crippen molar-refractivity contribution in [3.8, 4) is 0 Å². The standard InChI is InChI=1S/C17H17N3O2/c18-12-11-15-16(21)19(13-7-3-1-4-8-13)20(17(15)22)14-9-5-2-6-10-14/h1-10,15H,11-12,18H2. The third-order valence-electron chi connectivity index (χ3n) is 3.67. The second-order valence-corrected chi connectivity index (χ2v) is 5.10. The van der Waals surface area contributed by atoms with E-state index in [9.17, 15) is 9.59 Å². The lowest BCUT2D eigenvalue weighted by atomic mass is 10.1. The summed E-state index contributed by atoms with van der Waals surface area (Å²) >= 11 is 0. The zero-order chi connectivity index (χ0) is 15.5. The van der Waals surface area contributed by atoms with Gasteiger partial charge in [0, 0.05) is 0 Å². The van der Waals surface area contributed by atoms with Gasteiger partial charge in [-0.25, -0.2) is 10.0 Å². The summed E-state index contributed by atoms with van der Waals surface area (Å²) < 4.78 is 0. The number of para-hydroxylation sites is 2. The van der Waals surface area contributed by atoms with Crippen LogP contribution in [0.3, 0.4) is 0 Å². The van der Waals surface area contributed by atoms with Crippen molar-refractivity contribution >= 4 is 23.2 Å². The fourth-order valence-electron chi connectivity index (χ4n) is 2.64. The molecular weight excluding hydrogens is 278 g/mol. The minimum absolute atomic E-state index is 0.231. The number of hydrazine groups is 1. The molecule has 1 heterocycles. The molecule has 5 heteroatoms. The second-order valence-electron chi connectivity index (χ2n) is 5.10. The quantitative estimate of drug-likeness (QED) is 0.877. The molecule has 0 spiro atoms. The number of rotatable bonds is 4. The lowest BCUT2D eigenvalue weighted by Gasteiger charge is -2.27. The molecule has 1 fully saturated rings. The average Bonchev–Trinajstić information content (AvgIpc) is 2.81. The summed E-state index contributed by atoms with van der Waals surface area (Å²) in [5.74, 6) is -1.18. The van der Waals surface area contributed by atoms with Crippen LogP contribution in [0.4, 0.5) is 11.4 Å². The van der Waals surface area contributed by atoms with E-state index in [4.69, 9.17) is 5.73 Å². The predicted octanol–water partition coefficient (Wildman–Crippen LogP) is 1.95. The number of nitrogens with two attached hydrogens (primary N) is 1. The molecule has 2 N–H and O–H groups in total. The fourth-order valence-corrected chi connectivity index (χ4v) is 2.64. The molecule has 0 aromatic heterocycles. The summed E-state index contributed by atoms with van der Waals surface area (Å²) in [6.07, 6.45) is 0.352. The van der Waals surface area contributed by atoms with Gasteiger partial charge in [-0.15, -0.1) is 0 Å². The molecule has 112 valence electrons. The van der Waals surface area contributed by atoms with Gasteiger partial charge in [-0.1, -0.05) is 36.4 Å². The van der Waals surface area contributed by atoms with Crippen LogP contribution < -0.4 is 15.8 Å². The topological polar surface area (TPSA) is 66.6 Å². The highest BCUT2D eigenvalue weighted by molar-refractivity contribution is 6.22. The first-order chi connectivity index (χ1) is 10.7. The monoisotopic (exact) mass is 295 g/mol. The first-order valence-electron chi connectivity index (χ1n) is 7.22. The lowest BCUT2D eigenvalue weighted by Crippen LogP contribution is -2.41. The highest BCUT2D eigenvalue weighted by atomic mass is 16.2. The molecule has 2 aromatic rings. The van der Waals surface area contributed by atoms with Crippen LogP contribution in [-0.4, -0.2) is 18.4 Å². The van der Waals surface area contributed by atoms with E-state index in [1.807, 2.05) is 60.7 Å². The van der Waals surface area contributed by atoms with E-state index in [-0.39, 0.29) is 11.8 Å². The Morgan fingerprint density at radius 3 is 1.55 bits per heavy atom. The maximum absolute atomic E-state index is 12.7. The normalized spacial score (nSPS) is 15.7. The van der Waals surface area contributed by atoms with Crippen molar-refractivity contribution in [2.24, 2.45) is 11.7 Å². The number of carbonyl (C=O) groups excluding carboxylic acids is 2. The van der Waals surface area contributed by atoms with Gasteiger partial charge in [-0.2, -0.15) is 0 Å². The Kier molecular flexibility index (Phi) is 3.89. The van der Waals surface area contributed by atoms with Gasteiger partial charge in [-0.3, -0.25) is 9.59 Å². The predicted molar refractivity (Wildman–Crippen MR) is 85.0 cm³/mol. The maximum Gasteiger partial charge on any atom is 0.258 e. The zero-order valence-electron chi connectivity index (χ0n) is 12.1. The van der Waals surface area contributed by atoms with Gasteiger partial charge in [0.15, 0.2) is 0 Å². The molecule has 0 radical (unpaired) electrons. The van der Waals surface area contributed by atoms with Gasteiger partial charge in [0.2, 0.25) is 0 Å². The minimum atomic E-state index is -0.717. The Bertz CT molecular complexity index is 615. The van der Waals surface area contributed by atoms with E-state index >= 15 is 0 Å². The molecule has 1 aliphatic heterocycles. The highest BCUT2D eigenvalue weighted by Gasteiger charge is 2.46. The van der Waals surface area contributed by atoms with E-state index < -0.39 is 5.92 Å². The summed E-state index contributed by atoms with van der Waals surface area (Å²) in [6, 6.07) is 18.3. The molecule has 2 amide bonds. The van der Waals surface area contributed by atoms with Crippen LogP contribution in [0.1, 0.15) is 6.42 Å². The fraction of sp³-hybridized carbons (Fsp3) is 0.176. The van der Waals surface area contributed by atoms with Crippen molar-refractivity contribution in [1.82, 2.24) is 0 Å². The second kappa shape index (κ2) is 5.99. The number of nitrogens with zero attached hydrogens (tertiary/aromatic N) is 2. The van der Waals surface area contributed by atoms with E-state index in [1.54, 1.807) is 0 Å². The minimum Gasteiger partial charge on any atom is -0.330 e. The number of benzene rings is 2. The summed E-state index contributed by atoms with van der Waals surface area (Å²) in [7, 11) is 0. The van der Waals surface area contributed by atoms with Crippen LogP contribution in [0.15, 0.2) is 60.7 Å². The van der Waals surface area contributed by atoms with Crippen molar-refractivity contribution < 1.29 is 9.59 Å². The van der Waals surface area contributed by atoms with Gasteiger partial charge in [0.25, 0.3) is 11.8 Å². The Balaban J connectivity index is 2.07. The van der Waals surface area contributed by atoms with Crippen molar-refractivity contribution in [3.05, 3.63) is 60.7 Å². The number of amides is 2. The van der Waals surface area contributed by atoms with Crippen LogP contribution in [0, 0.1) is 5.92 Å². The van der Waals surface area contributed by atoms with Crippen LogP contribution in [0.2, 0.25) is 0 Å². The van der Waals surface area contributed by atoms with Crippen molar-refractivity contribution in [3.63, 3.8) is 0 Å². The summed E-state index contributed by atoms with van der Waals surface area (Å²) in [5.41, 5.74) is 6.90. The number of carbonyl (C=O) groups is 2. The molecule has 22 heavy (non-hydrogen) atoms. The van der Waals surface area contributed by atoms with E-state index in [0.29, 0.717) is 24.3 Å². The van der Waals surface area contributed by atoms with Crippen molar-refractivity contribution in [2.45, 2.75) is 6.42 Å². The Hall–Kier alpha value is -2.66. The third-order valence-corrected chi connectivity index (χ3v) is 3.67. The van der Waals surface area contributed by atoms with E-state index in [2.05, 4.69) is 0 Å². The third kappa shape index (κ3) is 2.35. The molecule has 1 saturated heterocycles. The number of hydrogen-bond donors (Lipinski definition) is 1. The molecule has 1 aliphatic rings. The summed E-state index contributed by atoms with van der Waals surface area (Å²) in [6.45, 7) is 0.299. The molecule has 2 aromatic carbocycles. The molecule has 0 bridgehead atoms. The largest absolute Gasteiger partial charge is 0.330 e. The Morgan fingerprint density at radius 1 is 0.773 bits per heavy atom. The van der Waals surface area contributed by atoms with Gasteiger partial charge in [0.1, 0.15) is 5.92 Å². The molecule has 0 unspecified atom stereocenters. The number of anilines is 2. The van der Waals surface area contributed by atoms with Gasteiger partial charge in [0.05, 0.1) is 11.4 Å². The zero-order valence-corrected chi connectivity index (χ0v) is 12.1. The Morgan fingerprint density at radius 2 is 1.18 bits per heavy atom. The maximum atomic E-state index is 12.7. The van der Waals surface area contributed by atoms with Crippen LogP contribution in [-0.2, 0) is 9.59 Å². The van der Waals surface area contributed by atoms with Crippen LogP contribution in [0.25, 0.3) is 0 Å². The van der Waals surface area contributed by atoms with E-state index in [0.717, 1.165) is 0 Å². The average molecular weight is 295 g/mol. The first-order valence-corrected chi connectivity index (χ1v) is 7.22. The molecule has 0 saturated carbocycles. The molecular formula is C17H17N3O2. The molecule has 3 rings (SSSR count). The lowest BCUT2D eigenvalue weighted by molar-refractivity contribution is -0.127. The number of hydrogen-bond acceptors (Lipinski definition) is 3. The smallest absolute Gasteiger partial charge is 0.258 e. The van der Waals surface area contributed by atoms with Gasteiger partial charge < -0.3 is 5.73 Å². The van der Waals surface area contributed by atoms with Crippen molar-refractivity contribution in [1.29, 1.82) is 0 Å². The molecule has 0 aliphatic carbocycles. The molecule has 5 nitrogen and oxygen atoms in total. The first kappa shape index (κ1) is 14.3. The summed E-state index contributed by atoms with van der Waals surface area (Å²) in [4.78, 5) is 25.4. The highest BCUT2D eigenvalue weighted by Crippen LogP contribution is 2.32. The van der Waals surface area contributed by atoms with E-state index in [1.165, 1.54) is 10.0 Å². The van der Waals surface area contributed by atoms with Crippen LogP contribution >= 0.6 is 0 Å². The SMILES string of the molecule is NCCC1C(=O)N(c2ccccc2)N(c2ccccc2)C1=O. The Labute approximate surface area is 128 Å².